The Morgan fingerprint density at radius 2 is 0.800 bits per heavy atom. The van der Waals surface area contributed by atoms with E-state index in [0.29, 0.717) is 163 Å². The number of aryl methyl sites for hydroxylation is 1. The molecule has 0 saturated carbocycles. The molecular formula is C51H72N2O17. The normalized spacial score (nSPS) is 12.9. The predicted molar refractivity (Wildman–Crippen MR) is 258 cm³/mol. The van der Waals surface area contributed by atoms with Crippen molar-refractivity contribution in [2.45, 2.75) is 38.5 Å². The molecule has 1 saturated heterocycles. The van der Waals surface area contributed by atoms with Crippen molar-refractivity contribution in [1.82, 2.24) is 10.4 Å². The van der Waals surface area contributed by atoms with E-state index >= 15 is 0 Å². The molecule has 1 aliphatic rings. The number of amides is 3. The highest BCUT2D eigenvalue weighted by atomic mass is 16.7. The lowest BCUT2D eigenvalue weighted by Crippen LogP contribution is -2.32. The van der Waals surface area contributed by atoms with Gasteiger partial charge in [0.1, 0.15) is 0 Å². The van der Waals surface area contributed by atoms with Crippen LogP contribution in [-0.2, 0) is 87.3 Å². The SMILES string of the molecule is O=C(CCCc1ccc2ccc3cccc4ccc1c2c34)NCCOCCOCCOCCOCCOCCOCCOCCOCCOCCOCCOCCOCCC(=O)ON1C(=O)CCC1=O. The molecule has 0 unspecified atom stereocenters. The first kappa shape index (κ1) is 56.4. The standard InChI is InChI=1S/C51H72N2O17/c54-46(6-2-3-41-7-8-44-10-9-42-4-1-5-43-11-12-45(41)51(44)50(42)43)52-16-18-59-20-22-61-24-26-63-28-30-65-32-34-67-36-38-69-40-39-68-37-35-66-33-31-64-29-27-62-25-23-60-21-19-58-17-15-49(57)70-53-47(55)13-14-48(53)56/h1,4-5,7-12H,2-3,6,13-40H2,(H,52,54). The molecule has 4 aromatic rings. The Bertz CT molecular complexity index is 2040. The molecule has 70 heavy (non-hydrogen) atoms. The summed E-state index contributed by atoms with van der Waals surface area (Å²) >= 11 is 0. The van der Waals surface area contributed by atoms with Gasteiger partial charge in [-0.15, -0.1) is 5.06 Å². The minimum atomic E-state index is -0.703. The van der Waals surface area contributed by atoms with Crippen molar-refractivity contribution in [3.05, 3.63) is 60.2 Å². The maximum atomic E-state index is 12.4. The quantitative estimate of drug-likeness (QED) is 0.0375. The molecule has 5 rings (SSSR count). The van der Waals surface area contributed by atoms with Gasteiger partial charge in [-0.3, -0.25) is 14.4 Å². The number of carbonyl (C=O) groups is 4. The van der Waals surface area contributed by atoms with Crippen LogP contribution in [0, 0.1) is 0 Å². The van der Waals surface area contributed by atoms with Crippen molar-refractivity contribution in [3.63, 3.8) is 0 Å². The summed E-state index contributed by atoms with van der Waals surface area (Å²) in [6, 6.07) is 19.7. The molecule has 0 spiro atoms. The van der Waals surface area contributed by atoms with Gasteiger partial charge < -0.3 is 67.0 Å². The molecule has 0 aliphatic carbocycles. The number of benzene rings is 4. The van der Waals surface area contributed by atoms with Gasteiger partial charge in [-0.05, 0) is 50.7 Å². The second-order valence-electron chi connectivity index (χ2n) is 15.9. The van der Waals surface area contributed by atoms with Crippen molar-refractivity contribution in [3.8, 4) is 0 Å². The van der Waals surface area contributed by atoms with Gasteiger partial charge in [0.2, 0.25) is 5.91 Å². The van der Waals surface area contributed by atoms with Crippen molar-refractivity contribution in [2.75, 3.05) is 165 Å². The van der Waals surface area contributed by atoms with E-state index in [2.05, 4.69) is 59.9 Å². The van der Waals surface area contributed by atoms with Crippen molar-refractivity contribution in [2.24, 2.45) is 0 Å². The van der Waals surface area contributed by atoms with Gasteiger partial charge in [0.05, 0.1) is 165 Å². The van der Waals surface area contributed by atoms with E-state index < -0.39 is 17.8 Å². The van der Waals surface area contributed by atoms with Crippen LogP contribution in [0.15, 0.2) is 54.6 Å². The zero-order chi connectivity index (χ0) is 49.1. The zero-order valence-electron chi connectivity index (χ0n) is 40.5. The van der Waals surface area contributed by atoms with Gasteiger partial charge in [-0.1, -0.05) is 54.6 Å². The van der Waals surface area contributed by atoms with Crippen molar-refractivity contribution >= 4 is 56.0 Å². The van der Waals surface area contributed by atoms with Gasteiger partial charge in [0.25, 0.3) is 11.8 Å². The Balaban J connectivity index is 0.659. The van der Waals surface area contributed by atoms with Crippen LogP contribution < -0.4 is 5.32 Å². The number of rotatable bonds is 44. The number of hydrogen-bond donors (Lipinski definition) is 1. The van der Waals surface area contributed by atoms with Crippen LogP contribution in [0.25, 0.3) is 32.3 Å². The van der Waals surface area contributed by atoms with E-state index in [0.717, 1.165) is 12.8 Å². The lowest BCUT2D eigenvalue weighted by molar-refractivity contribution is -0.198. The molecule has 3 amide bonds. The van der Waals surface area contributed by atoms with Gasteiger partial charge in [0, 0.05) is 25.8 Å². The number of nitrogens with zero attached hydrogens (tertiary/aromatic N) is 1. The molecule has 1 N–H and O–H groups in total. The second kappa shape index (κ2) is 35.6. The lowest BCUT2D eigenvalue weighted by Gasteiger charge is -2.14. The summed E-state index contributed by atoms with van der Waals surface area (Å²) in [5, 5.41) is 11.2. The van der Waals surface area contributed by atoms with E-state index in [1.165, 1.54) is 37.9 Å². The summed E-state index contributed by atoms with van der Waals surface area (Å²) in [5.74, 6) is -1.69. The van der Waals surface area contributed by atoms with E-state index in [4.69, 9.17) is 61.7 Å². The highest BCUT2D eigenvalue weighted by Crippen LogP contribution is 2.36. The average molecular weight is 985 g/mol. The molecule has 19 heteroatoms. The van der Waals surface area contributed by atoms with Crippen LogP contribution in [-0.4, -0.2) is 194 Å². The third-order valence-electron chi connectivity index (χ3n) is 10.8. The molecular weight excluding hydrogens is 913 g/mol. The Morgan fingerprint density at radius 1 is 0.429 bits per heavy atom. The predicted octanol–water partition coefficient (Wildman–Crippen LogP) is 4.22. The van der Waals surface area contributed by atoms with E-state index in [-0.39, 0.29) is 38.4 Å². The van der Waals surface area contributed by atoms with Gasteiger partial charge in [-0.2, -0.15) is 0 Å². The highest BCUT2D eigenvalue weighted by Gasteiger charge is 2.32. The fourth-order valence-corrected chi connectivity index (χ4v) is 7.29. The van der Waals surface area contributed by atoms with Crippen LogP contribution in [0.4, 0.5) is 0 Å². The fraction of sp³-hybridized carbons (Fsp3) is 0.608. The lowest BCUT2D eigenvalue weighted by atomic mass is 9.90. The summed E-state index contributed by atoms with van der Waals surface area (Å²) in [6.45, 7) is 10.7. The highest BCUT2D eigenvalue weighted by molar-refractivity contribution is 6.23. The van der Waals surface area contributed by atoms with E-state index in [9.17, 15) is 19.2 Å². The molecule has 1 heterocycles. The first-order valence-electron chi connectivity index (χ1n) is 24.4. The molecule has 4 aromatic carbocycles. The first-order valence-corrected chi connectivity index (χ1v) is 24.4. The van der Waals surface area contributed by atoms with Gasteiger partial charge in [0.15, 0.2) is 0 Å². The summed E-state index contributed by atoms with van der Waals surface area (Å²) in [6.07, 6.45) is 2.14. The summed E-state index contributed by atoms with van der Waals surface area (Å²) in [5.41, 5.74) is 1.28. The Labute approximate surface area is 410 Å². The van der Waals surface area contributed by atoms with Crippen LogP contribution in [0.3, 0.4) is 0 Å². The Hall–Kier alpha value is -4.48. The second-order valence-corrected chi connectivity index (χ2v) is 15.9. The summed E-state index contributed by atoms with van der Waals surface area (Å²) in [7, 11) is 0. The third kappa shape index (κ3) is 22.3. The van der Waals surface area contributed by atoms with Crippen molar-refractivity contribution in [1.29, 1.82) is 0 Å². The number of carbonyl (C=O) groups excluding carboxylic acids is 4. The van der Waals surface area contributed by atoms with Crippen LogP contribution >= 0.6 is 0 Å². The Kier molecular flexibility index (Phi) is 28.7. The summed E-state index contributed by atoms with van der Waals surface area (Å²) in [4.78, 5) is 51.8. The molecule has 388 valence electrons. The molecule has 1 fully saturated rings. The molecule has 0 bridgehead atoms. The molecule has 0 aromatic heterocycles. The van der Waals surface area contributed by atoms with E-state index in [1.807, 2.05) is 0 Å². The maximum absolute atomic E-state index is 12.4. The van der Waals surface area contributed by atoms with Gasteiger partial charge in [-0.25, -0.2) is 4.79 Å². The third-order valence-corrected chi connectivity index (χ3v) is 10.8. The number of ether oxygens (including phenoxy) is 12. The summed E-state index contributed by atoms with van der Waals surface area (Å²) < 4.78 is 65.8. The first-order chi connectivity index (χ1) is 34.5. The minimum Gasteiger partial charge on any atom is -0.378 e. The number of hydrogen-bond acceptors (Lipinski definition) is 17. The fourth-order valence-electron chi connectivity index (χ4n) is 7.29. The molecule has 0 atom stereocenters. The van der Waals surface area contributed by atoms with Crippen LogP contribution in [0.1, 0.15) is 37.7 Å². The Morgan fingerprint density at radius 3 is 1.24 bits per heavy atom. The monoisotopic (exact) mass is 984 g/mol. The van der Waals surface area contributed by atoms with Crippen LogP contribution in [0.5, 0.6) is 0 Å². The van der Waals surface area contributed by atoms with Gasteiger partial charge >= 0.3 is 5.97 Å². The van der Waals surface area contributed by atoms with E-state index in [1.54, 1.807) is 0 Å². The maximum Gasteiger partial charge on any atom is 0.335 e. The smallest absolute Gasteiger partial charge is 0.335 e. The average Bonchev–Trinajstić information content (AvgIpc) is 3.68. The topological polar surface area (TPSA) is 204 Å². The number of hydroxylamine groups is 2. The largest absolute Gasteiger partial charge is 0.378 e. The molecule has 1 aliphatic heterocycles. The van der Waals surface area contributed by atoms with Crippen molar-refractivity contribution < 1.29 is 80.9 Å². The molecule has 0 radical (unpaired) electrons. The zero-order valence-corrected chi connectivity index (χ0v) is 40.5. The molecule has 19 nitrogen and oxygen atoms in total. The van der Waals surface area contributed by atoms with Crippen LogP contribution in [0.2, 0.25) is 0 Å². The number of nitrogens with one attached hydrogen (secondary N) is 1. The minimum absolute atomic E-state index is 0.0390. The number of imide groups is 1.